The van der Waals surface area contributed by atoms with Gasteiger partial charge in [0.05, 0.1) is 0 Å². The van der Waals surface area contributed by atoms with Crippen molar-refractivity contribution < 1.29 is 31.3 Å². The highest BCUT2D eigenvalue weighted by molar-refractivity contribution is 5.69. The molecule has 0 atom stereocenters. The van der Waals surface area contributed by atoms with Gasteiger partial charge in [0.1, 0.15) is 12.2 Å². The van der Waals surface area contributed by atoms with Crippen LogP contribution in [0.1, 0.15) is 17.5 Å². The molecule has 0 radical (unpaired) electrons. The van der Waals surface area contributed by atoms with E-state index in [0.29, 0.717) is 6.54 Å². The molecule has 0 aliphatic rings. The molecule has 3 nitrogen and oxygen atoms in total. The van der Waals surface area contributed by atoms with Crippen LogP contribution >= 0.6 is 0 Å². The zero-order chi connectivity index (χ0) is 14.4. The number of aromatic nitrogens is 1. The summed E-state index contributed by atoms with van der Waals surface area (Å²) in [7, 11) is 0. The third-order valence-corrected chi connectivity index (χ3v) is 2.84. The summed E-state index contributed by atoms with van der Waals surface area (Å²) in [6, 6.07) is 10.1. The van der Waals surface area contributed by atoms with Crippen LogP contribution in [0.3, 0.4) is 0 Å². The van der Waals surface area contributed by atoms with Gasteiger partial charge in [-0.05, 0) is 23.3 Å². The Bertz CT molecular complexity index is 609. The number of carboxylic acid groups (broad SMARTS) is 1. The predicted molar refractivity (Wildman–Crippen MR) is 74.2 cm³/mol. The minimum absolute atomic E-state index is 0. The molecule has 2 aromatic rings. The summed E-state index contributed by atoms with van der Waals surface area (Å²) in [5.74, 6) is -1.06. The van der Waals surface area contributed by atoms with Gasteiger partial charge in [-0.15, -0.1) is 0 Å². The van der Waals surface area contributed by atoms with Gasteiger partial charge >= 0.3 is 5.97 Å². The third-order valence-electron chi connectivity index (χ3n) is 2.84. The topological polar surface area (TPSA) is 41.2 Å². The number of rotatable bonds is 5. The first-order valence-corrected chi connectivity index (χ1v) is 6.28. The number of pyridine rings is 1. The van der Waals surface area contributed by atoms with E-state index < -0.39 is 5.97 Å². The molecule has 110 valence electrons. The maximum Gasteiger partial charge on any atom is 0.309 e. The molecule has 0 unspecified atom stereocenters. The van der Waals surface area contributed by atoms with Crippen LogP contribution < -0.4 is 17.0 Å². The first kappa shape index (κ1) is 16.9. The fraction of sp³-hybridized carbons (Fsp3) is 0.125. The first-order valence-electron chi connectivity index (χ1n) is 6.28. The van der Waals surface area contributed by atoms with E-state index in [1.807, 2.05) is 41.2 Å². The molecule has 0 bridgehead atoms. The van der Waals surface area contributed by atoms with Crippen molar-refractivity contribution in [3.63, 3.8) is 0 Å². The van der Waals surface area contributed by atoms with Crippen LogP contribution in [0.5, 0.6) is 0 Å². The van der Waals surface area contributed by atoms with Crippen LogP contribution in [0.2, 0.25) is 0 Å². The summed E-state index contributed by atoms with van der Waals surface area (Å²) in [6.45, 7) is 0.456. The number of benzene rings is 1. The lowest BCUT2D eigenvalue weighted by molar-refractivity contribution is -0.696. The Kier molecular flexibility index (Phi) is 6.56. The van der Waals surface area contributed by atoms with Crippen molar-refractivity contribution >= 4 is 18.1 Å². The molecule has 0 saturated heterocycles. The van der Waals surface area contributed by atoms with Crippen LogP contribution in [-0.4, -0.2) is 11.1 Å². The van der Waals surface area contributed by atoms with Crippen molar-refractivity contribution in [3.8, 4) is 0 Å². The number of nitrogens with zero attached hydrogens (tertiary/aromatic N) is 1. The molecule has 0 fully saturated rings. The van der Waals surface area contributed by atoms with Gasteiger partial charge in [-0.25, -0.2) is 8.96 Å². The Morgan fingerprint density at radius 1 is 1.05 bits per heavy atom. The fourth-order valence-corrected chi connectivity index (χ4v) is 1.72. The summed E-state index contributed by atoms with van der Waals surface area (Å²) < 4.78 is 14.6. The number of halogens is 2. The molecule has 21 heavy (non-hydrogen) atoms. The Hall–Kier alpha value is -2.20. The molecule has 1 N–H and O–H groups in total. The van der Waals surface area contributed by atoms with Crippen molar-refractivity contribution in [1.82, 2.24) is 0 Å². The summed E-state index contributed by atoms with van der Waals surface area (Å²) >= 11 is 0. The highest BCUT2D eigenvalue weighted by Gasteiger charge is 2.03. The average Bonchev–Trinajstić information content (AvgIpc) is 2.45. The van der Waals surface area contributed by atoms with Crippen LogP contribution in [0.4, 0.5) is 4.39 Å². The van der Waals surface area contributed by atoms with Crippen LogP contribution in [0, 0.1) is 5.82 Å². The van der Waals surface area contributed by atoms with Crippen molar-refractivity contribution in [2.45, 2.75) is 13.0 Å². The molecule has 0 aliphatic carbocycles. The Labute approximate surface area is 128 Å². The molecule has 0 amide bonds. The zero-order valence-electron chi connectivity index (χ0n) is 11.2. The quantitative estimate of drug-likeness (QED) is 0.775. The first-order chi connectivity index (χ1) is 9.63. The zero-order valence-corrected chi connectivity index (χ0v) is 12.0. The van der Waals surface area contributed by atoms with Crippen molar-refractivity contribution in [2.24, 2.45) is 0 Å². The van der Waals surface area contributed by atoms with Gasteiger partial charge in [0.2, 0.25) is 0 Å². The molecule has 0 spiro atoms. The van der Waals surface area contributed by atoms with E-state index in [2.05, 4.69) is 0 Å². The summed E-state index contributed by atoms with van der Waals surface area (Å²) in [6.07, 6.45) is 7.61. The number of carboxylic acids is 1. The summed E-state index contributed by atoms with van der Waals surface area (Å²) in [4.78, 5) is 10.5. The second-order valence-electron chi connectivity index (χ2n) is 4.40. The molecular weight excluding hydrogens is 293 g/mol. The largest absolute Gasteiger partial charge is 1.00 e. The average molecular weight is 308 g/mol. The predicted octanol–water partition coefficient (Wildman–Crippen LogP) is -0.238. The van der Waals surface area contributed by atoms with Crippen LogP contribution in [-0.2, 0) is 11.3 Å². The SMILES string of the molecule is O=C(O)CC[n+]1ccc(/C=C\c2ccc(F)cc2)cc1.[Cl-]. The van der Waals surface area contributed by atoms with Crippen molar-refractivity contribution in [1.29, 1.82) is 0 Å². The van der Waals surface area contributed by atoms with E-state index in [9.17, 15) is 9.18 Å². The van der Waals surface area contributed by atoms with Gasteiger partial charge < -0.3 is 17.5 Å². The van der Waals surface area contributed by atoms with Crippen molar-refractivity contribution in [2.75, 3.05) is 0 Å². The van der Waals surface area contributed by atoms with Gasteiger partial charge in [-0.1, -0.05) is 24.3 Å². The minimum Gasteiger partial charge on any atom is -1.00 e. The lowest BCUT2D eigenvalue weighted by Gasteiger charge is -1.96. The maximum absolute atomic E-state index is 12.8. The number of aliphatic carboxylic acids is 1. The molecule has 1 aromatic heterocycles. The van der Waals surface area contributed by atoms with Crippen LogP contribution in [0.25, 0.3) is 12.2 Å². The van der Waals surface area contributed by atoms with E-state index in [1.165, 1.54) is 12.1 Å². The molecule has 0 aliphatic heterocycles. The Morgan fingerprint density at radius 3 is 2.10 bits per heavy atom. The minimum atomic E-state index is -0.808. The number of aryl methyl sites for hydroxylation is 1. The molecule has 0 saturated carbocycles. The van der Waals surface area contributed by atoms with Crippen molar-refractivity contribution in [3.05, 3.63) is 65.7 Å². The molecule has 5 heteroatoms. The highest BCUT2D eigenvalue weighted by atomic mass is 35.5. The lowest BCUT2D eigenvalue weighted by Crippen LogP contribution is -3.00. The third kappa shape index (κ3) is 5.75. The smallest absolute Gasteiger partial charge is 0.309 e. The Balaban J connectivity index is 0.00000220. The van der Waals surface area contributed by atoms with E-state index in [-0.39, 0.29) is 24.6 Å². The molecule has 2 rings (SSSR count). The van der Waals surface area contributed by atoms with Gasteiger partial charge in [0.15, 0.2) is 18.9 Å². The van der Waals surface area contributed by atoms with Gasteiger partial charge in [0.25, 0.3) is 0 Å². The Morgan fingerprint density at radius 2 is 1.57 bits per heavy atom. The maximum atomic E-state index is 12.8. The number of hydrogen-bond acceptors (Lipinski definition) is 1. The lowest BCUT2D eigenvalue weighted by atomic mass is 10.1. The molecule has 1 heterocycles. The van der Waals surface area contributed by atoms with E-state index >= 15 is 0 Å². The monoisotopic (exact) mass is 307 g/mol. The van der Waals surface area contributed by atoms with Gasteiger partial charge in [-0.2, -0.15) is 0 Å². The van der Waals surface area contributed by atoms with E-state index in [0.717, 1.165) is 11.1 Å². The number of hydrogen-bond donors (Lipinski definition) is 1. The number of carbonyl (C=O) groups is 1. The normalized spacial score (nSPS) is 10.3. The second kappa shape index (κ2) is 8.17. The standard InChI is InChI=1S/C16H14FNO2.ClH/c17-15-5-3-13(4-6-15)1-2-14-7-10-18(11-8-14)12-9-16(19)20;/h1-8,10-11H,9,12H2;1H/b2-1-;. The van der Waals surface area contributed by atoms with Gasteiger partial charge in [0, 0.05) is 12.1 Å². The summed E-state index contributed by atoms with van der Waals surface area (Å²) in [5.41, 5.74) is 1.93. The fourth-order valence-electron chi connectivity index (χ4n) is 1.72. The molecular formula is C16H15ClFNO2. The van der Waals surface area contributed by atoms with E-state index in [1.54, 1.807) is 12.1 Å². The molecule has 1 aromatic carbocycles. The highest BCUT2D eigenvalue weighted by Crippen LogP contribution is 2.08. The van der Waals surface area contributed by atoms with Gasteiger partial charge in [-0.3, -0.25) is 4.79 Å². The van der Waals surface area contributed by atoms with Crippen LogP contribution in [0.15, 0.2) is 48.8 Å². The second-order valence-corrected chi connectivity index (χ2v) is 4.40. The summed E-state index contributed by atoms with van der Waals surface area (Å²) in [5, 5.41) is 8.61. The van der Waals surface area contributed by atoms with E-state index in [4.69, 9.17) is 5.11 Å².